The second kappa shape index (κ2) is 5.81. The smallest absolute Gasteiger partial charge is 0.166 e. The molecule has 2 nitrogen and oxygen atoms in total. The largest absolute Gasteiger partial charge is 0.349 e. The summed E-state index contributed by atoms with van der Waals surface area (Å²) in [5, 5.41) is 1.27. The third kappa shape index (κ3) is 3.20. The van der Waals surface area contributed by atoms with Gasteiger partial charge in [0.1, 0.15) is 0 Å². The van der Waals surface area contributed by atoms with E-state index in [1.54, 1.807) is 0 Å². The fourth-order valence-electron chi connectivity index (χ4n) is 1.88. The average Bonchev–Trinajstić information content (AvgIpc) is 2.81. The predicted molar refractivity (Wildman–Crippen MR) is 79.2 cm³/mol. The van der Waals surface area contributed by atoms with E-state index in [4.69, 9.17) is 23.2 Å². The lowest BCUT2D eigenvalue weighted by molar-refractivity contribution is 0.0939. The van der Waals surface area contributed by atoms with Crippen molar-refractivity contribution in [1.29, 1.82) is 0 Å². The summed E-state index contributed by atoms with van der Waals surface area (Å²) in [6.45, 7) is 4.35. The Labute approximate surface area is 123 Å². The second-order valence-electron chi connectivity index (χ2n) is 4.79. The molecule has 2 aromatic rings. The zero-order valence-corrected chi connectivity index (χ0v) is 12.4. The SMILES string of the molecule is CC(C)C(=O)c1ccn(Cc2c(Cl)cccc2Cl)c1. The normalized spacial score (nSPS) is 11.0. The molecule has 0 saturated heterocycles. The minimum atomic E-state index is -0.000230. The Bertz CT molecular complexity index is 582. The Morgan fingerprint density at radius 2 is 1.84 bits per heavy atom. The van der Waals surface area contributed by atoms with Crippen LogP contribution in [0.2, 0.25) is 10.0 Å². The number of carbonyl (C=O) groups is 1. The molecule has 0 aliphatic carbocycles. The van der Waals surface area contributed by atoms with Crippen molar-refractivity contribution in [2.75, 3.05) is 0 Å². The summed E-state index contributed by atoms with van der Waals surface area (Å²) in [4.78, 5) is 11.9. The molecule has 100 valence electrons. The van der Waals surface area contributed by atoms with Crippen LogP contribution in [0.15, 0.2) is 36.7 Å². The van der Waals surface area contributed by atoms with Crippen molar-refractivity contribution in [3.8, 4) is 0 Å². The Hall–Kier alpha value is -1.25. The Morgan fingerprint density at radius 3 is 2.42 bits per heavy atom. The van der Waals surface area contributed by atoms with Crippen LogP contribution < -0.4 is 0 Å². The number of nitrogens with zero attached hydrogens (tertiary/aromatic N) is 1. The quantitative estimate of drug-likeness (QED) is 0.751. The molecule has 0 radical (unpaired) electrons. The first kappa shape index (κ1) is 14.2. The Balaban J connectivity index is 2.23. The van der Waals surface area contributed by atoms with E-state index in [9.17, 15) is 4.79 Å². The molecule has 0 N–H and O–H groups in total. The summed E-state index contributed by atoms with van der Waals surface area (Å²) in [6.07, 6.45) is 3.71. The van der Waals surface area contributed by atoms with Crippen LogP contribution >= 0.6 is 23.2 Å². The third-order valence-corrected chi connectivity index (χ3v) is 3.67. The maximum atomic E-state index is 11.9. The van der Waals surface area contributed by atoms with Crippen molar-refractivity contribution < 1.29 is 4.79 Å². The van der Waals surface area contributed by atoms with Gasteiger partial charge in [0.15, 0.2) is 5.78 Å². The van der Waals surface area contributed by atoms with Gasteiger partial charge in [0.25, 0.3) is 0 Å². The van der Waals surface area contributed by atoms with E-state index in [-0.39, 0.29) is 11.7 Å². The van der Waals surface area contributed by atoms with Crippen molar-refractivity contribution in [2.24, 2.45) is 5.92 Å². The highest BCUT2D eigenvalue weighted by molar-refractivity contribution is 6.35. The van der Waals surface area contributed by atoms with Crippen LogP contribution in [-0.2, 0) is 6.54 Å². The molecule has 1 aromatic heterocycles. The maximum Gasteiger partial charge on any atom is 0.166 e. The first-order valence-electron chi connectivity index (χ1n) is 6.12. The summed E-state index contributed by atoms with van der Waals surface area (Å²) in [7, 11) is 0. The van der Waals surface area contributed by atoms with Crippen LogP contribution in [0.4, 0.5) is 0 Å². The standard InChI is InChI=1S/C15H15Cl2NO/c1-10(2)15(19)11-6-7-18(8-11)9-12-13(16)4-3-5-14(12)17/h3-8,10H,9H2,1-2H3. The van der Waals surface area contributed by atoms with Crippen molar-refractivity contribution >= 4 is 29.0 Å². The number of halogens is 2. The molecule has 19 heavy (non-hydrogen) atoms. The molecule has 0 saturated carbocycles. The van der Waals surface area contributed by atoms with Gasteiger partial charge in [-0.3, -0.25) is 4.79 Å². The van der Waals surface area contributed by atoms with Crippen LogP contribution in [0.3, 0.4) is 0 Å². The summed E-state index contributed by atoms with van der Waals surface area (Å²) in [6, 6.07) is 7.27. The van der Waals surface area contributed by atoms with Gasteiger partial charge in [-0.15, -0.1) is 0 Å². The lowest BCUT2D eigenvalue weighted by Crippen LogP contribution is -2.06. The van der Waals surface area contributed by atoms with Gasteiger partial charge in [0, 0.05) is 46.0 Å². The fraction of sp³-hybridized carbons (Fsp3) is 0.267. The molecular weight excluding hydrogens is 281 g/mol. The van der Waals surface area contributed by atoms with Gasteiger partial charge in [0.05, 0.1) is 0 Å². The Morgan fingerprint density at radius 1 is 1.21 bits per heavy atom. The number of aromatic nitrogens is 1. The van der Waals surface area contributed by atoms with Gasteiger partial charge >= 0.3 is 0 Å². The monoisotopic (exact) mass is 295 g/mol. The van der Waals surface area contributed by atoms with Crippen LogP contribution in [0.5, 0.6) is 0 Å². The topological polar surface area (TPSA) is 22.0 Å². The van der Waals surface area contributed by atoms with E-state index in [2.05, 4.69) is 0 Å². The van der Waals surface area contributed by atoms with Crippen LogP contribution in [-0.4, -0.2) is 10.4 Å². The molecule has 4 heteroatoms. The van der Waals surface area contributed by atoms with E-state index in [0.29, 0.717) is 16.6 Å². The van der Waals surface area contributed by atoms with Gasteiger partial charge < -0.3 is 4.57 Å². The first-order valence-corrected chi connectivity index (χ1v) is 6.87. The van der Waals surface area contributed by atoms with E-state index < -0.39 is 0 Å². The van der Waals surface area contributed by atoms with E-state index in [1.165, 1.54) is 0 Å². The van der Waals surface area contributed by atoms with Gasteiger partial charge in [-0.05, 0) is 18.2 Å². The number of carbonyl (C=O) groups excluding carboxylic acids is 1. The number of benzene rings is 1. The molecule has 0 aliphatic rings. The molecule has 2 rings (SSSR count). The number of hydrogen-bond acceptors (Lipinski definition) is 1. The maximum absolute atomic E-state index is 11.9. The molecule has 0 fully saturated rings. The van der Waals surface area contributed by atoms with Crippen molar-refractivity contribution in [2.45, 2.75) is 20.4 Å². The molecule has 1 heterocycles. The summed E-state index contributed by atoms with van der Waals surface area (Å²) in [5.74, 6) is 0.142. The molecule has 0 atom stereocenters. The van der Waals surface area contributed by atoms with Crippen molar-refractivity contribution in [1.82, 2.24) is 4.57 Å². The van der Waals surface area contributed by atoms with Gasteiger partial charge in [0.2, 0.25) is 0 Å². The van der Waals surface area contributed by atoms with Gasteiger partial charge in [-0.1, -0.05) is 43.1 Å². The summed E-state index contributed by atoms with van der Waals surface area (Å²) in [5.41, 5.74) is 1.59. The highest BCUT2D eigenvalue weighted by Gasteiger charge is 2.12. The molecule has 0 spiro atoms. The molecular formula is C15H15Cl2NO. The van der Waals surface area contributed by atoms with Crippen LogP contribution in [0.25, 0.3) is 0 Å². The van der Waals surface area contributed by atoms with E-state index in [1.807, 2.05) is 55.1 Å². The Kier molecular flexibility index (Phi) is 4.33. The summed E-state index contributed by atoms with van der Waals surface area (Å²) < 4.78 is 1.92. The van der Waals surface area contributed by atoms with E-state index >= 15 is 0 Å². The fourth-order valence-corrected chi connectivity index (χ4v) is 2.40. The summed E-state index contributed by atoms with van der Waals surface area (Å²) >= 11 is 12.3. The van der Waals surface area contributed by atoms with Crippen LogP contribution in [0, 0.1) is 5.92 Å². The molecule has 0 aliphatic heterocycles. The average molecular weight is 296 g/mol. The highest BCUT2D eigenvalue weighted by atomic mass is 35.5. The van der Waals surface area contributed by atoms with Gasteiger partial charge in [-0.2, -0.15) is 0 Å². The number of hydrogen-bond donors (Lipinski definition) is 0. The zero-order chi connectivity index (χ0) is 14.0. The lowest BCUT2D eigenvalue weighted by atomic mass is 10.0. The third-order valence-electron chi connectivity index (χ3n) is 2.96. The molecule has 1 aromatic carbocycles. The molecule has 0 bridgehead atoms. The molecule has 0 unspecified atom stereocenters. The predicted octanol–water partition coefficient (Wildman–Crippen LogP) is 4.68. The minimum Gasteiger partial charge on any atom is -0.349 e. The number of rotatable bonds is 4. The van der Waals surface area contributed by atoms with Crippen molar-refractivity contribution in [3.05, 3.63) is 57.8 Å². The molecule has 0 amide bonds. The van der Waals surface area contributed by atoms with E-state index in [0.717, 1.165) is 11.1 Å². The van der Waals surface area contributed by atoms with Gasteiger partial charge in [-0.25, -0.2) is 0 Å². The number of ketones is 1. The number of Topliss-reactive ketones (excluding diaryl/α,β-unsaturated/α-hetero) is 1. The minimum absolute atomic E-state index is 0.000230. The first-order chi connectivity index (χ1) is 8.99. The van der Waals surface area contributed by atoms with Crippen LogP contribution in [0.1, 0.15) is 29.8 Å². The second-order valence-corrected chi connectivity index (χ2v) is 5.61. The highest BCUT2D eigenvalue weighted by Crippen LogP contribution is 2.25. The lowest BCUT2D eigenvalue weighted by Gasteiger charge is -2.08. The zero-order valence-electron chi connectivity index (χ0n) is 10.9. The van der Waals surface area contributed by atoms with Crippen molar-refractivity contribution in [3.63, 3.8) is 0 Å².